The lowest BCUT2D eigenvalue weighted by Crippen LogP contribution is -1.99. The van der Waals surface area contributed by atoms with Crippen LogP contribution in [-0.2, 0) is 0 Å². The van der Waals surface area contributed by atoms with Crippen molar-refractivity contribution in [2.24, 2.45) is 5.10 Å². The predicted molar refractivity (Wildman–Crippen MR) is 99.3 cm³/mol. The minimum absolute atomic E-state index is 0.0192. The highest BCUT2D eigenvalue weighted by atomic mass is 79.9. The Hall–Kier alpha value is -3.05. The summed E-state index contributed by atoms with van der Waals surface area (Å²) in [6.07, 6.45) is 6.78. The number of hydrogen-bond acceptors (Lipinski definition) is 6. The van der Waals surface area contributed by atoms with Gasteiger partial charge in [-0.05, 0) is 45.8 Å². The summed E-state index contributed by atoms with van der Waals surface area (Å²) >= 11 is 3.41. The van der Waals surface area contributed by atoms with Crippen LogP contribution in [0.5, 0.6) is 11.5 Å². The van der Waals surface area contributed by atoms with Gasteiger partial charge in [0.15, 0.2) is 11.5 Å². The van der Waals surface area contributed by atoms with Gasteiger partial charge < -0.3 is 9.47 Å². The van der Waals surface area contributed by atoms with Crippen molar-refractivity contribution in [3.8, 4) is 23.8 Å². The number of nitrogens with zero attached hydrogens (tertiary/aromatic N) is 2. The molecule has 0 aliphatic heterocycles. The molecule has 2 rings (SSSR count). The van der Waals surface area contributed by atoms with Gasteiger partial charge in [-0.15, -0.1) is 6.42 Å². The third-order valence-electron chi connectivity index (χ3n) is 3.04. The van der Waals surface area contributed by atoms with Gasteiger partial charge in [0.05, 0.1) is 28.4 Å². The Morgan fingerprint density at radius 3 is 2.72 bits per heavy atom. The van der Waals surface area contributed by atoms with E-state index in [9.17, 15) is 10.1 Å². The molecule has 0 amide bonds. The third kappa shape index (κ3) is 4.96. The van der Waals surface area contributed by atoms with Crippen LogP contribution in [0.2, 0.25) is 0 Å². The monoisotopic (exact) mass is 403 g/mol. The van der Waals surface area contributed by atoms with Crippen LogP contribution in [0, 0.1) is 22.5 Å². The average molecular weight is 404 g/mol. The van der Waals surface area contributed by atoms with Crippen LogP contribution in [-0.4, -0.2) is 24.9 Å². The highest BCUT2D eigenvalue weighted by molar-refractivity contribution is 9.10. The fourth-order valence-electron chi connectivity index (χ4n) is 1.91. The molecule has 1 N–H and O–H groups in total. The molecule has 0 fully saturated rings. The maximum atomic E-state index is 10.6. The van der Waals surface area contributed by atoms with Crippen LogP contribution in [0.25, 0.3) is 0 Å². The lowest BCUT2D eigenvalue weighted by molar-refractivity contribution is -0.384. The van der Waals surface area contributed by atoms with Gasteiger partial charge >= 0.3 is 0 Å². The van der Waals surface area contributed by atoms with Crippen molar-refractivity contribution in [1.82, 2.24) is 0 Å². The number of benzene rings is 2. The summed E-state index contributed by atoms with van der Waals surface area (Å²) in [7, 11) is 1.53. The van der Waals surface area contributed by atoms with E-state index in [4.69, 9.17) is 15.9 Å². The van der Waals surface area contributed by atoms with E-state index in [1.54, 1.807) is 30.5 Å². The molecule has 0 unspecified atom stereocenters. The molecule has 0 aromatic heterocycles. The van der Waals surface area contributed by atoms with Gasteiger partial charge in [-0.2, -0.15) is 5.10 Å². The maximum absolute atomic E-state index is 10.6. The number of hydrazone groups is 1. The summed E-state index contributed by atoms with van der Waals surface area (Å²) in [5.74, 6) is 3.43. The quantitative estimate of drug-likeness (QED) is 0.328. The van der Waals surface area contributed by atoms with E-state index in [1.807, 2.05) is 0 Å². The predicted octanol–water partition coefficient (Wildman–Crippen LogP) is 3.82. The average Bonchev–Trinajstić information content (AvgIpc) is 2.61. The Kier molecular flexibility index (Phi) is 6.37. The highest BCUT2D eigenvalue weighted by Crippen LogP contribution is 2.36. The molecule has 0 bridgehead atoms. The zero-order valence-electron chi connectivity index (χ0n) is 13.2. The van der Waals surface area contributed by atoms with Crippen LogP contribution in [0.3, 0.4) is 0 Å². The van der Waals surface area contributed by atoms with E-state index in [-0.39, 0.29) is 12.3 Å². The molecule has 8 heteroatoms. The largest absolute Gasteiger partial charge is 0.493 e. The van der Waals surface area contributed by atoms with Crippen molar-refractivity contribution in [2.45, 2.75) is 0 Å². The normalized spacial score (nSPS) is 10.3. The summed E-state index contributed by atoms with van der Waals surface area (Å²) in [6, 6.07) is 9.49. The van der Waals surface area contributed by atoms with Gasteiger partial charge in [0, 0.05) is 12.1 Å². The Bertz CT molecular complexity index is 829. The molecule has 128 valence electrons. The summed E-state index contributed by atoms with van der Waals surface area (Å²) < 4.78 is 11.4. The number of nitro benzene ring substituents is 1. The number of non-ortho nitro benzene ring substituents is 1. The van der Waals surface area contributed by atoms with Crippen LogP contribution in [0.15, 0.2) is 46.0 Å². The molecule has 0 radical (unpaired) electrons. The Labute approximate surface area is 152 Å². The number of rotatable bonds is 7. The standard InChI is InChI=1S/C17H14BrN3O4/c1-3-8-25-17-15(18)9-12(10-16(17)24-2)11-19-20-13-4-6-14(7-5-13)21(22)23/h1,4-7,9-11,20H,8H2,2H3. The topological polar surface area (TPSA) is 86.0 Å². The van der Waals surface area contributed by atoms with E-state index in [1.165, 1.54) is 19.2 Å². The highest BCUT2D eigenvalue weighted by Gasteiger charge is 2.10. The second kappa shape index (κ2) is 8.70. The summed E-state index contributed by atoms with van der Waals surface area (Å²) in [6.45, 7) is 0.129. The second-order valence-electron chi connectivity index (χ2n) is 4.70. The molecular formula is C17H14BrN3O4. The number of ether oxygens (including phenoxy) is 2. The van der Waals surface area contributed by atoms with Crippen molar-refractivity contribution in [3.05, 3.63) is 56.5 Å². The smallest absolute Gasteiger partial charge is 0.269 e. The SMILES string of the molecule is C#CCOc1c(Br)cc(C=NNc2ccc([N+](=O)[O-])cc2)cc1OC. The van der Waals surface area contributed by atoms with Gasteiger partial charge in [0.1, 0.15) is 6.61 Å². The van der Waals surface area contributed by atoms with E-state index >= 15 is 0 Å². The Morgan fingerprint density at radius 1 is 1.40 bits per heavy atom. The van der Waals surface area contributed by atoms with Crippen molar-refractivity contribution in [1.29, 1.82) is 0 Å². The molecule has 0 heterocycles. The molecule has 0 aliphatic carbocycles. The first-order valence-electron chi connectivity index (χ1n) is 7.02. The first kappa shape index (κ1) is 18.3. The molecule has 0 saturated carbocycles. The van der Waals surface area contributed by atoms with Crippen LogP contribution in [0.4, 0.5) is 11.4 Å². The number of hydrogen-bond donors (Lipinski definition) is 1. The van der Waals surface area contributed by atoms with E-state index in [0.29, 0.717) is 21.7 Å². The van der Waals surface area contributed by atoms with Crippen LogP contribution >= 0.6 is 15.9 Å². The minimum atomic E-state index is -0.458. The van der Waals surface area contributed by atoms with E-state index in [2.05, 4.69) is 32.4 Å². The molecule has 25 heavy (non-hydrogen) atoms. The van der Waals surface area contributed by atoms with Gasteiger partial charge in [-0.1, -0.05) is 5.92 Å². The summed E-state index contributed by atoms with van der Waals surface area (Å²) in [5.41, 5.74) is 4.20. The zero-order chi connectivity index (χ0) is 18.2. The minimum Gasteiger partial charge on any atom is -0.493 e. The third-order valence-corrected chi connectivity index (χ3v) is 3.63. The van der Waals surface area contributed by atoms with Gasteiger partial charge in [-0.25, -0.2) is 0 Å². The van der Waals surface area contributed by atoms with Crippen molar-refractivity contribution in [3.63, 3.8) is 0 Å². The lowest BCUT2D eigenvalue weighted by Gasteiger charge is -2.11. The van der Waals surface area contributed by atoms with E-state index < -0.39 is 4.92 Å². The van der Waals surface area contributed by atoms with Crippen molar-refractivity contribution in [2.75, 3.05) is 19.1 Å². The second-order valence-corrected chi connectivity index (χ2v) is 5.56. The van der Waals surface area contributed by atoms with Gasteiger partial charge in [0.25, 0.3) is 5.69 Å². The first-order valence-corrected chi connectivity index (χ1v) is 7.81. The fraction of sp³-hybridized carbons (Fsp3) is 0.118. The van der Waals surface area contributed by atoms with Crippen molar-refractivity contribution >= 4 is 33.5 Å². The molecule has 2 aromatic rings. The molecule has 7 nitrogen and oxygen atoms in total. The molecule has 2 aromatic carbocycles. The number of anilines is 1. The zero-order valence-corrected chi connectivity index (χ0v) is 14.8. The number of nitrogens with one attached hydrogen (secondary N) is 1. The van der Waals surface area contributed by atoms with Crippen molar-refractivity contribution < 1.29 is 14.4 Å². The maximum Gasteiger partial charge on any atom is 0.269 e. The van der Waals surface area contributed by atoms with Crippen LogP contribution in [0.1, 0.15) is 5.56 Å². The Balaban J connectivity index is 2.11. The number of halogens is 1. The molecule has 0 atom stereocenters. The summed E-state index contributed by atoms with van der Waals surface area (Å²) in [5, 5.41) is 14.7. The van der Waals surface area contributed by atoms with Gasteiger partial charge in [-0.3, -0.25) is 15.5 Å². The molecular weight excluding hydrogens is 390 g/mol. The lowest BCUT2D eigenvalue weighted by atomic mass is 10.2. The molecule has 0 saturated heterocycles. The number of nitro groups is 1. The van der Waals surface area contributed by atoms with E-state index in [0.717, 1.165) is 5.56 Å². The molecule has 0 spiro atoms. The first-order chi connectivity index (χ1) is 12.0. The molecule has 0 aliphatic rings. The summed E-state index contributed by atoms with van der Waals surface area (Å²) in [4.78, 5) is 10.2. The van der Waals surface area contributed by atoms with Crippen LogP contribution < -0.4 is 14.9 Å². The Morgan fingerprint density at radius 2 is 2.12 bits per heavy atom. The number of methoxy groups -OCH3 is 1. The van der Waals surface area contributed by atoms with Gasteiger partial charge in [0.2, 0.25) is 0 Å². The number of terminal acetylenes is 1. The fourth-order valence-corrected chi connectivity index (χ4v) is 2.48.